The molecule has 0 saturated heterocycles. The predicted molar refractivity (Wildman–Crippen MR) is 113 cm³/mol. The van der Waals surface area contributed by atoms with Gasteiger partial charge in [0.05, 0.1) is 5.56 Å². The number of halogens is 6. The summed E-state index contributed by atoms with van der Waals surface area (Å²) < 4.78 is 86.2. The quantitative estimate of drug-likeness (QED) is 0.145. The lowest BCUT2D eigenvalue weighted by atomic mass is 10.0. The first-order chi connectivity index (χ1) is 15.6. The lowest BCUT2D eigenvalue weighted by Gasteiger charge is -2.12. The van der Waals surface area contributed by atoms with E-state index in [4.69, 9.17) is 4.74 Å². The van der Waals surface area contributed by atoms with Gasteiger partial charge in [-0.3, -0.25) is 0 Å². The Hall–Kier alpha value is -3.03. The summed E-state index contributed by atoms with van der Waals surface area (Å²) in [4.78, 5) is 12.4. The van der Waals surface area contributed by atoms with Gasteiger partial charge in [-0.05, 0) is 60.2 Å². The Morgan fingerprint density at radius 3 is 2.27 bits per heavy atom. The number of unbranched alkanes of at least 4 members (excludes halogenated alkanes) is 4. The van der Waals surface area contributed by atoms with Gasteiger partial charge in [-0.2, -0.15) is 13.2 Å². The first-order valence-corrected chi connectivity index (χ1v) is 10.6. The van der Waals surface area contributed by atoms with Crippen molar-refractivity contribution >= 4 is 16.7 Å². The van der Waals surface area contributed by atoms with Crippen molar-refractivity contribution in [1.29, 1.82) is 0 Å². The van der Waals surface area contributed by atoms with E-state index in [1.54, 1.807) is 6.07 Å². The number of fused-ring (bicyclic) bond motifs is 1. The summed E-state index contributed by atoms with van der Waals surface area (Å²) >= 11 is 0. The predicted octanol–water partition coefficient (Wildman–Crippen LogP) is 8.01. The topological polar surface area (TPSA) is 26.3 Å². The molecule has 0 atom stereocenters. The van der Waals surface area contributed by atoms with Crippen LogP contribution in [0.1, 0.15) is 60.5 Å². The third-order valence-electron chi connectivity index (χ3n) is 5.32. The zero-order chi connectivity index (χ0) is 24.2. The van der Waals surface area contributed by atoms with Crippen molar-refractivity contribution in [2.24, 2.45) is 0 Å². The van der Waals surface area contributed by atoms with Crippen molar-refractivity contribution in [1.82, 2.24) is 0 Å². The molecule has 8 heteroatoms. The Bertz CT molecular complexity index is 1150. The van der Waals surface area contributed by atoms with E-state index < -0.39 is 40.5 Å². The van der Waals surface area contributed by atoms with Gasteiger partial charge in [0, 0.05) is 5.39 Å². The van der Waals surface area contributed by atoms with Crippen molar-refractivity contribution in [2.45, 2.75) is 51.6 Å². The molecule has 0 saturated carbocycles. The largest absolute Gasteiger partial charge is 0.423 e. The molecule has 0 aliphatic rings. The van der Waals surface area contributed by atoms with Gasteiger partial charge in [-0.1, -0.05) is 38.7 Å². The Morgan fingerprint density at radius 2 is 1.61 bits per heavy atom. The molecule has 0 aromatic heterocycles. The van der Waals surface area contributed by atoms with Crippen LogP contribution in [-0.2, 0) is 12.6 Å². The average molecular weight is 468 g/mol. The maximum Gasteiger partial charge on any atom is 0.422 e. The summed E-state index contributed by atoms with van der Waals surface area (Å²) in [6.45, 7) is 2.12. The highest BCUT2D eigenvalue weighted by Crippen LogP contribution is 2.37. The van der Waals surface area contributed by atoms with Crippen molar-refractivity contribution in [3.05, 3.63) is 76.6 Å². The van der Waals surface area contributed by atoms with Crippen LogP contribution in [0.2, 0.25) is 0 Å². The number of carbonyl (C=O) groups excluding carboxylic acids is 1. The molecule has 176 valence electrons. The van der Waals surface area contributed by atoms with E-state index in [9.17, 15) is 31.1 Å². The number of alkyl halides is 3. The Labute approximate surface area is 187 Å². The fraction of sp³-hybridized carbons (Fsp3) is 0.320. The Morgan fingerprint density at radius 1 is 0.879 bits per heavy atom. The van der Waals surface area contributed by atoms with Crippen molar-refractivity contribution < 1.29 is 35.9 Å². The number of hydrogen-bond acceptors (Lipinski definition) is 2. The minimum atomic E-state index is -5.20. The van der Waals surface area contributed by atoms with Crippen LogP contribution in [0, 0.1) is 17.5 Å². The SMILES string of the molecule is CCCCCCCc1ccc(C(=O)Oc2ccc3c(F)c(C(F)(F)F)c(F)cc3c2)c(F)c1. The molecule has 0 amide bonds. The van der Waals surface area contributed by atoms with Crippen LogP contribution < -0.4 is 4.74 Å². The second kappa shape index (κ2) is 10.3. The van der Waals surface area contributed by atoms with Crippen LogP contribution in [0.15, 0.2) is 42.5 Å². The van der Waals surface area contributed by atoms with Gasteiger partial charge in [0.25, 0.3) is 0 Å². The monoisotopic (exact) mass is 468 g/mol. The van der Waals surface area contributed by atoms with E-state index in [0.717, 1.165) is 55.9 Å². The van der Waals surface area contributed by atoms with Crippen molar-refractivity contribution in [3.63, 3.8) is 0 Å². The van der Waals surface area contributed by atoms with Gasteiger partial charge in [0.1, 0.15) is 28.8 Å². The van der Waals surface area contributed by atoms with Crippen molar-refractivity contribution in [3.8, 4) is 5.75 Å². The molecule has 33 heavy (non-hydrogen) atoms. The molecule has 0 aliphatic heterocycles. The highest BCUT2D eigenvalue weighted by Gasteiger charge is 2.38. The number of benzene rings is 3. The lowest BCUT2D eigenvalue weighted by molar-refractivity contribution is -0.142. The zero-order valence-corrected chi connectivity index (χ0v) is 17.9. The van der Waals surface area contributed by atoms with Crippen LogP contribution in [0.25, 0.3) is 10.8 Å². The smallest absolute Gasteiger partial charge is 0.422 e. The first-order valence-electron chi connectivity index (χ1n) is 10.6. The summed E-state index contributed by atoms with van der Waals surface area (Å²) in [7, 11) is 0. The highest BCUT2D eigenvalue weighted by atomic mass is 19.4. The second-order valence-electron chi connectivity index (χ2n) is 7.80. The van der Waals surface area contributed by atoms with Crippen LogP contribution in [0.3, 0.4) is 0 Å². The molecule has 0 N–H and O–H groups in total. The van der Waals surface area contributed by atoms with Gasteiger partial charge in [0.15, 0.2) is 0 Å². The molecule has 0 aliphatic carbocycles. The summed E-state index contributed by atoms with van der Waals surface area (Å²) in [5.41, 5.74) is -1.57. The van der Waals surface area contributed by atoms with E-state index >= 15 is 0 Å². The normalized spacial score (nSPS) is 11.7. The molecule has 0 radical (unpaired) electrons. The number of aryl methyl sites for hydroxylation is 1. The number of carbonyl (C=O) groups is 1. The molecule has 3 rings (SSSR count). The van der Waals surface area contributed by atoms with E-state index in [2.05, 4.69) is 6.92 Å². The number of rotatable bonds is 8. The van der Waals surface area contributed by atoms with E-state index in [0.29, 0.717) is 12.5 Å². The van der Waals surface area contributed by atoms with E-state index in [1.807, 2.05) is 0 Å². The summed E-state index contributed by atoms with van der Waals surface area (Å²) in [5.74, 6) is -5.53. The van der Waals surface area contributed by atoms with Crippen LogP contribution in [0.4, 0.5) is 26.3 Å². The molecule has 0 fully saturated rings. The number of hydrogen-bond donors (Lipinski definition) is 0. The zero-order valence-electron chi connectivity index (χ0n) is 17.9. The van der Waals surface area contributed by atoms with Crippen LogP contribution in [0.5, 0.6) is 5.75 Å². The summed E-state index contributed by atoms with van der Waals surface area (Å²) in [5, 5.41) is -0.722. The summed E-state index contributed by atoms with van der Waals surface area (Å²) in [6.07, 6.45) is 0.805. The van der Waals surface area contributed by atoms with Crippen LogP contribution in [-0.4, -0.2) is 5.97 Å². The average Bonchev–Trinajstić information content (AvgIpc) is 2.72. The molecule has 3 aromatic rings. The first kappa shape index (κ1) is 24.6. The summed E-state index contributed by atoms with van der Waals surface area (Å²) in [6, 6.07) is 7.72. The molecule has 2 nitrogen and oxygen atoms in total. The maximum atomic E-state index is 14.4. The van der Waals surface area contributed by atoms with Gasteiger partial charge in [-0.15, -0.1) is 0 Å². The molecular formula is C25H22F6O2. The molecule has 3 aromatic carbocycles. The Kier molecular flexibility index (Phi) is 7.66. The van der Waals surface area contributed by atoms with E-state index in [-0.39, 0.29) is 16.7 Å². The lowest BCUT2D eigenvalue weighted by Crippen LogP contribution is -2.12. The fourth-order valence-electron chi connectivity index (χ4n) is 3.61. The van der Waals surface area contributed by atoms with Gasteiger partial charge in [-0.25, -0.2) is 18.0 Å². The molecule has 0 bridgehead atoms. The molecule has 0 unspecified atom stereocenters. The minimum absolute atomic E-state index is 0.189. The number of esters is 1. The molecular weight excluding hydrogens is 446 g/mol. The van der Waals surface area contributed by atoms with Crippen molar-refractivity contribution in [2.75, 3.05) is 0 Å². The van der Waals surface area contributed by atoms with Gasteiger partial charge >= 0.3 is 12.1 Å². The maximum absolute atomic E-state index is 14.4. The standard InChI is InChI=1S/C25H22F6O2/c1-2-3-4-5-6-7-15-8-10-19(20(26)12-15)24(32)33-17-9-11-18-16(13-17)14-21(27)22(23(18)28)25(29,30)31/h8-14H,2-7H2,1H3. The number of ether oxygens (including phenoxy) is 1. The van der Waals surface area contributed by atoms with E-state index in [1.165, 1.54) is 12.1 Å². The molecule has 0 heterocycles. The molecule has 0 spiro atoms. The minimum Gasteiger partial charge on any atom is -0.423 e. The van der Waals surface area contributed by atoms with Gasteiger partial charge < -0.3 is 4.74 Å². The third-order valence-corrected chi connectivity index (χ3v) is 5.32. The fourth-order valence-corrected chi connectivity index (χ4v) is 3.61. The third kappa shape index (κ3) is 5.86. The van der Waals surface area contributed by atoms with Gasteiger partial charge in [0.2, 0.25) is 0 Å². The second-order valence-corrected chi connectivity index (χ2v) is 7.80. The highest BCUT2D eigenvalue weighted by molar-refractivity contribution is 5.92. The Balaban J connectivity index is 1.75. The van der Waals surface area contributed by atoms with Crippen LogP contribution >= 0.6 is 0 Å².